The molecule has 19 heavy (non-hydrogen) atoms. The number of rotatable bonds is 7. The summed E-state index contributed by atoms with van der Waals surface area (Å²) in [6, 6.07) is 5.84. The van der Waals surface area contributed by atoms with Crippen LogP contribution in [0.25, 0.3) is 0 Å². The molecule has 0 bridgehead atoms. The number of hydrogen-bond donors (Lipinski definition) is 1. The summed E-state index contributed by atoms with van der Waals surface area (Å²) in [7, 11) is 0. The smallest absolute Gasteiger partial charge is 0.316 e. The molecule has 0 saturated heterocycles. The predicted molar refractivity (Wildman–Crippen MR) is 72.1 cm³/mol. The summed E-state index contributed by atoms with van der Waals surface area (Å²) in [6.45, 7) is 6.09. The van der Waals surface area contributed by atoms with Crippen molar-refractivity contribution in [2.45, 2.75) is 39.3 Å². The first-order valence-corrected chi connectivity index (χ1v) is 6.77. The lowest BCUT2D eigenvalue weighted by atomic mass is 10.0. The lowest BCUT2D eigenvalue weighted by molar-refractivity contribution is -0.138. The molecule has 1 nitrogen and oxygen atoms in total. The van der Waals surface area contributed by atoms with Gasteiger partial charge in [0.2, 0.25) is 0 Å². The Morgan fingerprint density at radius 2 is 1.79 bits per heavy atom. The van der Waals surface area contributed by atoms with Crippen molar-refractivity contribution in [2.75, 3.05) is 13.1 Å². The van der Waals surface area contributed by atoms with Crippen LogP contribution in [0.4, 0.5) is 13.2 Å². The highest BCUT2D eigenvalue weighted by atomic mass is 19.4. The van der Waals surface area contributed by atoms with Gasteiger partial charge in [-0.2, -0.15) is 13.2 Å². The van der Waals surface area contributed by atoms with E-state index in [9.17, 15) is 13.2 Å². The van der Waals surface area contributed by atoms with Gasteiger partial charge >= 0.3 is 6.18 Å². The van der Waals surface area contributed by atoms with E-state index in [1.54, 1.807) is 12.1 Å². The second-order valence-electron chi connectivity index (χ2n) is 5.21. The normalized spacial score (nSPS) is 12.1. The molecule has 0 unspecified atom stereocenters. The average Bonchev–Trinajstić information content (AvgIpc) is 2.32. The fraction of sp³-hybridized carbons (Fsp3) is 0.600. The molecule has 0 atom stereocenters. The Hall–Kier alpha value is -1.03. The first kappa shape index (κ1) is 16.0. The largest absolute Gasteiger partial charge is 0.416 e. The summed E-state index contributed by atoms with van der Waals surface area (Å²) in [5, 5.41) is 3.29. The summed E-state index contributed by atoms with van der Waals surface area (Å²) in [5.41, 5.74) is -0.0935. The molecule has 108 valence electrons. The van der Waals surface area contributed by atoms with Gasteiger partial charge in [0.25, 0.3) is 0 Å². The molecule has 0 aliphatic rings. The summed E-state index contributed by atoms with van der Waals surface area (Å²) in [6.07, 6.45) is -2.08. The summed E-state index contributed by atoms with van der Waals surface area (Å²) in [4.78, 5) is 0. The maximum Gasteiger partial charge on any atom is 0.416 e. The Kier molecular flexibility index (Phi) is 6.35. The van der Waals surface area contributed by atoms with Crippen molar-refractivity contribution in [2.24, 2.45) is 5.92 Å². The number of benzene rings is 1. The SMILES string of the molecule is CC(C)CNCCCCc1ccccc1C(F)(F)F. The highest BCUT2D eigenvalue weighted by Gasteiger charge is 2.32. The average molecular weight is 273 g/mol. The first-order chi connectivity index (χ1) is 8.91. The van der Waals surface area contributed by atoms with Crippen LogP contribution in [-0.4, -0.2) is 13.1 Å². The minimum Gasteiger partial charge on any atom is -0.316 e. The molecule has 0 spiro atoms. The first-order valence-electron chi connectivity index (χ1n) is 6.77. The molecular formula is C15H22F3N. The zero-order valence-electron chi connectivity index (χ0n) is 11.6. The van der Waals surface area contributed by atoms with Gasteiger partial charge in [-0.05, 0) is 49.9 Å². The number of aryl methyl sites for hydroxylation is 1. The monoisotopic (exact) mass is 273 g/mol. The van der Waals surface area contributed by atoms with E-state index < -0.39 is 11.7 Å². The number of hydrogen-bond acceptors (Lipinski definition) is 1. The Bertz CT molecular complexity index is 372. The molecule has 0 saturated carbocycles. The van der Waals surface area contributed by atoms with Crippen LogP contribution in [0.15, 0.2) is 24.3 Å². The van der Waals surface area contributed by atoms with Gasteiger partial charge in [-0.1, -0.05) is 32.0 Å². The molecular weight excluding hydrogens is 251 g/mol. The van der Waals surface area contributed by atoms with Crippen LogP contribution in [-0.2, 0) is 12.6 Å². The zero-order chi connectivity index (χ0) is 14.3. The fourth-order valence-corrected chi connectivity index (χ4v) is 1.97. The standard InChI is InChI=1S/C15H22F3N/c1-12(2)11-19-10-6-5-8-13-7-3-4-9-14(13)15(16,17)18/h3-4,7,9,12,19H,5-6,8,10-11H2,1-2H3. The molecule has 1 aromatic carbocycles. The summed E-state index contributed by atoms with van der Waals surface area (Å²) in [5.74, 6) is 0.603. The van der Waals surface area contributed by atoms with Gasteiger partial charge < -0.3 is 5.32 Å². The molecule has 0 radical (unpaired) electrons. The van der Waals surface area contributed by atoms with Crippen molar-refractivity contribution in [1.82, 2.24) is 5.32 Å². The van der Waals surface area contributed by atoms with Crippen LogP contribution in [0.5, 0.6) is 0 Å². The highest BCUT2D eigenvalue weighted by molar-refractivity contribution is 5.29. The van der Waals surface area contributed by atoms with Crippen molar-refractivity contribution in [3.63, 3.8) is 0 Å². The third-order valence-corrected chi connectivity index (χ3v) is 2.93. The highest BCUT2D eigenvalue weighted by Crippen LogP contribution is 2.32. The molecule has 0 aliphatic carbocycles. The van der Waals surface area contributed by atoms with Crippen LogP contribution in [0.2, 0.25) is 0 Å². The van der Waals surface area contributed by atoms with E-state index in [0.29, 0.717) is 17.9 Å². The molecule has 0 fully saturated rings. The van der Waals surface area contributed by atoms with Crippen molar-refractivity contribution in [3.05, 3.63) is 35.4 Å². The summed E-state index contributed by atoms with van der Waals surface area (Å²) >= 11 is 0. The molecule has 1 rings (SSSR count). The lowest BCUT2D eigenvalue weighted by Crippen LogP contribution is -2.20. The molecule has 0 aromatic heterocycles. The van der Waals surface area contributed by atoms with E-state index in [-0.39, 0.29) is 0 Å². The van der Waals surface area contributed by atoms with Crippen LogP contribution >= 0.6 is 0 Å². The van der Waals surface area contributed by atoms with Crippen molar-refractivity contribution >= 4 is 0 Å². The quantitative estimate of drug-likeness (QED) is 0.731. The molecule has 0 aliphatic heterocycles. The van der Waals surface area contributed by atoms with E-state index in [4.69, 9.17) is 0 Å². The molecule has 0 amide bonds. The molecule has 1 aromatic rings. The maximum absolute atomic E-state index is 12.8. The molecule has 0 heterocycles. The Labute approximate surface area is 113 Å². The van der Waals surface area contributed by atoms with E-state index in [1.807, 2.05) is 0 Å². The van der Waals surface area contributed by atoms with Gasteiger partial charge in [0, 0.05) is 0 Å². The van der Waals surface area contributed by atoms with Crippen molar-refractivity contribution < 1.29 is 13.2 Å². The number of halogens is 3. The fourth-order valence-electron chi connectivity index (χ4n) is 1.97. The third-order valence-electron chi connectivity index (χ3n) is 2.93. The van der Waals surface area contributed by atoms with E-state index in [2.05, 4.69) is 19.2 Å². The number of nitrogens with one attached hydrogen (secondary N) is 1. The van der Waals surface area contributed by atoms with Gasteiger partial charge in [-0.15, -0.1) is 0 Å². The zero-order valence-corrected chi connectivity index (χ0v) is 11.6. The molecule has 4 heteroatoms. The van der Waals surface area contributed by atoms with Gasteiger partial charge in [0.05, 0.1) is 5.56 Å². The predicted octanol–water partition coefficient (Wildman–Crippen LogP) is 4.27. The Balaban J connectivity index is 2.37. The topological polar surface area (TPSA) is 12.0 Å². The van der Waals surface area contributed by atoms with E-state index in [0.717, 1.165) is 32.0 Å². The third kappa shape index (κ3) is 6.10. The van der Waals surface area contributed by atoms with E-state index in [1.165, 1.54) is 6.07 Å². The Morgan fingerprint density at radius 3 is 2.42 bits per heavy atom. The second-order valence-corrected chi connectivity index (χ2v) is 5.21. The van der Waals surface area contributed by atoms with Gasteiger partial charge in [-0.25, -0.2) is 0 Å². The number of unbranched alkanes of at least 4 members (excludes halogenated alkanes) is 1. The molecule has 1 N–H and O–H groups in total. The Morgan fingerprint density at radius 1 is 1.11 bits per heavy atom. The summed E-state index contributed by atoms with van der Waals surface area (Å²) < 4.78 is 38.3. The number of alkyl halides is 3. The van der Waals surface area contributed by atoms with Crippen LogP contribution < -0.4 is 5.32 Å². The maximum atomic E-state index is 12.8. The van der Waals surface area contributed by atoms with Crippen molar-refractivity contribution in [1.29, 1.82) is 0 Å². The minimum absolute atomic E-state index is 0.402. The van der Waals surface area contributed by atoms with Crippen LogP contribution in [0.1, 0.15) is 37.8 Å². The van der Waals surface area contributed by atoms with Gasteiger partial charge in [-0.3, -0.25) is 0 Å². The minimum atomic E-state index is -4.24. The lowest BCUT2D eigenvalue weighted by Gasteiger charge is -2.12. The van der Waals surface area contributed by atoms with Gasteiger partial charge in [0.15, 0.2) is 0 Å². The van der Waals surface area contributed by atoms with Gasteiger partial charge in [0.1, 0.15) is 0 Å². The van der Waals surface area contributed by atoms with Crippen LogP contribution in [0, 0.1) is 5.92 Å². The second kappa shape index (κ2) is 7.53. The van der Waals surface area contributed by atoms with E-state index >= 15 is 0 Å². The van der Waals surface area contributed by atoms with Crippen molar-refractivity contribution in [3.8, 4) is 0 Å². The van der Waals surface area contributed by atoms with Crippen LogP contribution in [0.3, 0.4) is 0 Å².